The second-order valence-corrected chi connectivity index (χ2v) is 7.00. The van der Waals surface area contributed by atoms with Crippen LogP contribution < -0.4 is 10.6 Å². The molecule has 0 aromatic carbocycles. The normalized spacial score (nSPS) is 22.1. The molecule has 1 aromatic rings. The lowest BCUT2D eigenvalue weighted by Gasteiger charge is -2.31. The third-order valence-electron chi connectivity index (χ3n) is 4.43. The van der Waals surface area contributed by atoms with Gasteiger partial charge in [0.1, 0.15) is 0 Å². The van der Waals surface area contributed by atoms with Crippen LogP contribution in [0, 0.1) is 5.92 Å². The fourth-order valence-electron chi connectivity index (χ4n) is 3.04. The lowest BCUT2D eigenvalue weighted by molar-refractivity contribution is -0.126. The first-order chi connectivity index (χ1) is 11.2. The van der Waals surface area contributed by atoms with E-state index in [-0.39, 0.29) is 24.0 Å². The van der Waals surface area contributed by atoms with E-state index in [9.17, 15) is 9.59 Å². The Labute approximate surface area is 140 Å². The Hall–Kier alpha value is -1.60. The van der Waals surface area contributed by atoms with Crippen LogP contribution in [-0.2, 0) is 9.53 Å². The fourth-order valence-corrected chi connectivity index (χ4v) is 3.65. The summed E-state index contributed by atoms with van der Waals surface area (Å²) in [7, 11) is 0. The minimum atomic E-state index is -0.0781. The van der Waals surface area contributed by atoms with Gasteiger partial charge in [0, 0.05) is 32.2 Å². The summed E-state index contributed by atoms with van der Waals surface area (Å²) in [6.45, 7) is 2.65. The summed E-state index contributed by atoms with van der Waals surface area (Å²) in [5.74, 6) is 0.0982. The summed E-state index contributed by atoms with van der Waals surface area (Å²) in [5.41, 5.74) is 0. The third kappa shape index (κ3) is 4.45. The summed E-state index contributed by atoms with van der Waals surface area (Å²) < 4.78 is 5.51. The summed E-state index contributed by atoms with van der Waals surface area (Å²) in [4.78, 5) is 26.1. The molecule has 0 bridgehead atoms. The van der Waals surface area contributed by atoms with Gasteiger partial charge in [-0.25, -0.2) is 4.79 Å². The van der Waals surface area contributed by atoms with Crippen molar-refractivity contribution in [1.29, 1.82) is 0 Å². The highest BCUT2D eigenvalue weighted by Gasteiger charge is 2.28. The van der Waals surface area contributed by atoms with Crippen molar-refractivity contribution in [1.82, 2.24) is 10.2 Å². The zero-order valence-electron chi connectivity index (χ0n) is 13.1. The summed E-state index contributed by atoms with van der Waals surface area (Å²) in [5, 5.41) is 8.66. The molecular formula is C16H23N3O3S. The SMILES string of the molecule is O=C(NCC1CCCO1)C1CCN(C(=O)Nc2cccs2)CC1. The van der Waals surface area contributed by atoms with Crippen LogP contribution >= 0.6 is 11.3 Å². The van der Waals surface area contributed by atoms with E-state index < -0.39 is 0 Å². The Morgan fingerprint density at radius 3 is 2.78 bits per heavy atom. The van der Waals surface area contributed by atoms with Gasteiger partial charge in [0.2, 0.25) is 5.91 Å². The van der Waals surface area contributed by atoms with E-state index in [4.69, 9.17) is 4.74 Å². The molecule has 126 valence electrons. The molecule has 3 amide bonds. The first kappa shape index (κ1) is 16.3. The third-order valence-corrected chi connectivity index (χ3v) is 5.22. The van der Waals surface area contributed by atoms with Crippen LogP contribution in [0.4, 0.5) is 9.80 Å². The predicted molar refractivity (Wildman–Crippen MR) is 89.6 cm³/mol. The number of anilines is 1. The Kier molecular flexibility index (Phi) is 5.51. The Balaban J connectivity index is 1.39. The summed E-state index contributed by atoms with van der Waals surface area (Å²) in [6, 6.07) is 3.71. The van der Waals surface area contributed by atoms with Crippen molar-refractivity contribution in [3.8, 4) is 0 Å². The molecule has 7 heteroatoms. The minimum Gasteiger partial charge on any atom is -0.376 e. The van der Waals surface area contributed by atoms with Gasteiger partial charge in [0.05, 0.1) is 11.1 Å². The van der Waals surface area contributed by atoms with Gasteiger partial charge in [-0.15, -0.1) is 11.3 Å². The molecule has 2 saturated heterocycles. The number of amides is 3. The van der Waals surface area contributed by atoms with Crippen molar-refractivity contribution in [2.75, 3.05) is 31.6 Å². The quantitative estimate of drug-likeness (QED) is 0.885. The lowest BCUT2D eigenvalue weighted by atomic mass is 9.96. The molecule has 1 atom stereocenters. The number of nitrogens with one attached hydrogen (secondary N) is 2. The molecule has 2 aliphatic rings. The largest absolute Gasteiger partial charge is 0.376 e. The molecule has 0 radical (unpaired) electrons. The highest BCUT2D eigenvalue weighted by atomic mass is 32.1. The van der Waals surface area contributed by atoms with Gasteiger partial charge < -0.3 is 15.0 Å². The van der Waals surface area contributed by atoms with Crippen LogP contribution in [0.25, 0.3) is 0 Å². The van der Waals surface area contributed by atoms with E-state index in [1.54, 1.807) is 4.90 Å². The number of ether oxygens (including phenoxy) is 1. The molecule has 1 unspecified atom stereocenters. The number of urea groups is 1. The van der Waals surface area contributed by atoms with Crippen molar-refractivity contribution in [3.63, 3.8) is 0 Å². The number of carbonyl (C=O) groups is 2. The van der Waals surface area contributed by atoms with E-state index in [2.05, 4.69) is 10.6 Å². The zero-order chi connectivity index (χ0) is 16.1. The zero-order valence-corrected chi connectivity index (χ0v) is 13.9. The molecule has 0 saturated carbocycles. The molecule has 0 aliphatic carbocycles. The lowest BCUT2D eigenvalue weighted by Crippen LogP contribution is -2.45. The van der Waals surface area contributed by atoms with Crippen molar-refractivity contribution in [3.05, 3.63) is 17.5 Å². The van der Waals surface area contributed by atoms with Gasteiger partial charge >= 0.3 is 6.03 Å². The van der Waals surface area contributed by atoms with Crippen LogP contribution in [0.1, 0.15) is 25.7 Å². The van der Waals surface area contributed by atoms with Gasteiger partial charge in [-0.2, -0.15) is 0 Å². The predicted octanol–water partition coefficient (Wildman–Crippen LogP) is 2.29. The molecule has 3 rings (SSSR count). The molecular weight excluding hydrogens is 314 g/mol. The summed E-state index contributed by atoms with van der Waals surface area (Å²) in [6.07, 6.45) is 3.72. The molecule has 2 aliphatic heterocycles. The maximum atomic E-state index is 12.2. The number of thiophene rings is 1. The van der Waals surface area contributed by atoms with Gasteiger partial charge in [-0.3, -0.25) is 10.1 Å². The molecule has 2 N–H and O–H groups in total. The van der Waals surface area contributed by atoms with Gasteiger partial charge in [-0.05, 0) is 43.2 Å². The molecule has 3 heterocycles. The van der Waals surface area contributed by atoms with Gasteiger partial charge in [-0.1, -0.05) is 0 Å². The Morgan fingerprint density at radius 1 is 1.30 bits per heavy atom. The second-order valence-electron chi connectivity index (χ2n) is 6.05. The van der Waals surface area contributed by atoms with Crippen LogP contribution in [0.5, 0.6) is 0 Å². The number of nitrogens with zero attached hydrogens (tertiary/aromatic N) is 1. The van der Waals surface area contributed by atoms with Crippen LogP contribution in [0.2, 0.25) is 0 Å². The topological polar surface area (TPSA) is 70.7 Å². The van der Waals surface area contributed by atoms with Crippen molar-refractivity contribution >= 4 is 28.3 Å². The summed E-state index contributed by atoms with van der Waals surface area (Å²) >= 11 is 1.50. The molecule has 1 aromatic heterocycles. The first-order valence-corrected chi connectivity index (χ1v) is 9.09. The number of hydrogen-bond donors (Lipinski definition) is 2. The van der Waals surface area contributed by atoms with Crippen LogP contribution in [0.15, 0.2) is 17.5 Å². The first-order valence-electron chi connectivity index (χ1n) is 8.21. The van der Waals surface area contributed by atoms with Crippen molar-refractivity contribution in [2.45, 2.75) is 31.8 Å². The van der Waals surface area contributed by atoms with E-state index in [1.165, 1.54) is 11.3 Å². The fraction of sp³-hybridized carbons (Fsp3) is 0.625. The second kappa shape index (κ2) is 7.79. The van der Waals surface area contributed by atoms with Gasteiger partial charge in [0.25, 0.3) is 0 Å². The maximum absolute atomic E-state index is 12.2. The van der Waals surface area contributed by atoms with Crippen molar-refractivity contribution < 1.29 is 14.3 Å². The average molecular weight is 337 g/mol. The number of piperidine rings is 1. The smallest absolute Gasteiger partial charge is 0.322 e. The number of hydrogen-bond acceptors (Lipinski definition) is 4. The standard InChI is InChI=1S/C16H23N3O3S/c20-15(17-11-13-3-1-9-22-13)12-5-7-19(8-6-12)16(21)18-14-4-2-10-23-14/h2,4,10,12-13H,1,3,5-9,11H2,(H,17,20)(H,18,21). The Morgan fingerprint density at radius 2 is 2.13 bits per heavy atom. The van der Waals surface area contributed by atoms with E-state index in [1.807, 2.05) is 17.5 Å². The Bertz CT molecular complexity index is 521. The highest BCUT2D eigenvalue weighted by molar-refractivity contribution is 7.14. The van der Waals surface area contributed by atoms with E-state index >= 15 is 0 Å². The molecule has 23 heavy (non-hydrogen) atoms. The van der Waals surface area contributed by atoms with Crippen LogP contribution in [0.3, 0.4) is 0 Å². The maximum Gasteiger partial charge on any atom is 0.322 e. The van der Waals surface area contributed by atoms with E-state index in [0.717, 1.165) is 37.3 Å². The number of likely N-dealkylation sites (tertiary alicyclic amines) is 1. The minimum absolute atomic E-state index is 0.00203. The molecule has 0 spiro atoms. The molecule has 2 fully saturated rings. The number of rotatable bonds is 4. The van der Waals surface area contributed by atoms with Crippen molar-refractivity contribution in [2.24, 2.45) is 5.92 Å². The van der Waals surface area contributed by atoms with Crippen LogP contribution in [-0.4, -0.2) is 49.2 Å². The van der Waals surface area contributed by atoms with E-state index in [0.29, 0.717) is 19.6 Å². The average Bonchev–Trinajstić information content (AvgIpc) is 3.26. The number of carbonyl (C=O) groups excluding carboxylic acids is 2. The highest BCUT2D eigenvalue weighted by Crippen LogP contribution is 2.20. The molecule has 6 nitrogen and oxygen atoms in total. The monoisotopic (exact) mass is 337 g/mol. The van der Waals surface area contributed by atoms with Gasteiger partial charge in [0.15, 0.2) is 0 Å².